The molecule has 0 radical (unpaired) electrons. The number of carbonyl (C=O) groups is 1. The maximum absolute atomic E-state index is 12.9. The zero-order chi connectivity index (χ0) is 17.9. The molecule has 2 heterocycles. The number of rotatable bonds is 6. The normalized spacial score (nSPS) is 18.2. The van der Waals surface area contributed by atoms with Crippen molar-refractivity contribution in [2.75, 3.05) is 39.3 Å². The highest BCUT2D eigenvalue weighted by Crippen LogP contribution is 2.40. The number of carbonyl (C=O) groups excluding carboxylic acids is 1. The molecule has 1 aromatic heterocycles. The molecule has 2 fully saturated rings. The van der Waals surface area contributed by atoms with E-state index in [1.54, 1.807) is 0 Å². The molecule has 0 unspecified atom stereocenters. The number of hydrogen-bond acceptors (Lipinski definition) is 4. The summed E-state index contributed by atoms with van der Waals surface area (Å²) < 4.78 is 0. The van der Waals surface area contributed by atoms with Crippen molar-refractivity contribution in [1.82, 2.24) is 20.5 Å². The van der Waals surface area contributed by atoms with Crippen LogP contribution in [-0.4, -0.2) is 55.1 Å². The SMILES string of the molecule is Cc1ccc2nc(C3CC3)cc(C(=O)NCCCN3CCNCC3)c2c1. The lowest BCUT2D eigenvalue weighted by atomic mass is 10.0. The Morgan fingerprint density at radius 1 is 1.27 bits per heavy atom. The lowest BCUT2D eigenvalue weighted by Crippen LogP contribution is -2.44. The molecule has 1 aliphatic heterocycles. The summed E-state index contributed by atoms with van der Waals surface area (Å²) in [7, 11) is 0. The van der Waals surface area contributed by atoms with Crippen molar-refractivity contribution in [3.63, 3.8) is 0 Å². The number of fused-ring (bicyclic) bond motifs is 1. The van der Waals surface area contributed by atoms with Gasteiger partial charge < -0.3 is 15.5 Å². The van der Waals surface area contributed by atoms with Gasteiger partial charge in [0.1, 0.15) is 0 Å². The van der Waals surface area contributed by atoms with E-state index in [0.29, 0.717) is 5.92 Å². The molecule has 1 saturated carbocycles. The molecule has 2 aromatic rings. The predicted molar refractivity (Wildman–Crippen MR) is 105 cm³/mol. The van der Waals surface area contributed by atoms with Crippen LogP contribution in [0.4, 0.5) is 0 Å². The van der Waals surface area contributed by atoms with E-state index in [9.17, 15) is 4.79 Å². The van der Waals surface area contributed by atoms with Crippen molar-refractivity contribution in [3.8, 4) is 0 Å². The molecular formula is C21H28N4O. The molecule has 0 spiro atoms. The van der Waals surface area contributed by atoms with Crippen LogP contribution in [0.25, 0.3) is 10.9 Å². The smallest absolute Gasteiger partial charge is 0.252 e. The minimum absolute atomic E-state index is 0.0326. The Hall–Kier alpha value is -1.98. The highest BCUT2D eigenvalue weighted by Gasteiger charge is 2.27. The highest BCUT2D eigenvalue weighted by atomic mass is 16.1. The minimum atomic E-state index is 0.0326. The Kier molecular flexibility index (Phi) is 5.18. The van der Waals surface area contributed by atoms with Gasteiger partial charge in [0.25, 0.3) is 5.91 Å². The van der Waals surface area contributed by atoms with Gasteiger partial charge in [-0.25, -0.2) is 0 Å². The van der Waals surface area contributed by atoms with Crippen molar-refractivity contribution < 1.29 is 4.79 Å². The first kappa shape index (κ1) is 17.4. The number of pyridine rings is 1. The monoisotopic (exact) mass is 352 g/mol. The van der Waals surface area contributed by atoms with E-state index in [4.69, 9.17) is 4.98 Å². The molecule has 2 N–H and O–H groups in total. The van der Waals surface area contributed by atoms with Gasteiger partial charge in [-0.3, -0.25) is 9.78 Å². The van der Waals surface area contributed by atoms with Crippen LogP contribution < -0.4 is 10.6 Å². The molecule has 1 aromatic carbocycles. The average molecular weight is 352 g/mol. The van der Waals surface area contributed by atoms with Crippen molar-refractivity contribution in [2.45, 2.75) is 32.1 Å². The maximum Gasteiger partial charge on any atom is 0.252 e. The van der Waals surface area contributed by atoms with E-state index in [-0.39, 0.29) is 5.91 Å². The van der Waals surface area contributed by atoms with E-state index in [1.165, 1.54) is 12.8 Å². The van der Waals surface area contributed by atoms with Gasteiger partial charge in [0, 0.05) is 49.7 Å². The first-order valence-electron chi connectivity index (χ1n) is 9.83. The van der Waals surface area contributed by atoms with Crippen LogP contribution in [0.2, 0.25) is 0 Å². The number of hydrogen-bond donors (Lipinski definition) is 2. The topological polar surface area (TPSA) is 57.3 Å². The summed E-state index contributed by atoms with van der Waals surface area (Å²) in [6, 6.07) is 8.21. The van der Waals surface area contributed by atoms with E-state index in [1.807, 2.05) is 12.1 Å². The summed E-state index contributed by atoms with van der Waals surface area (Å²) in [6.07, 6.45) is 3.37. The largest absolute Gasteiger partial charge is 0.352 e. The number of nitrogens with one attached hydrogen (secondary N) is 2. The van der Waals surface area contributed by atoms with Gasteiger partial charge in [-0.2, -0.15) is 0 Å². The molecule has 0 bridgehead atoms. The Labute approximate surface area is 155 Å². The number of aromatic nitrogens is 1. The van der Waals surface area contributed by atoms with Crippen LogP contribution in [0.3, 0.4) is 0 Å². The van der Waals surface area contributed by atoms with Gasteiger partial charge in [-0.05, 0) is 50.9 Å². The second kappa shape index (κ2) is 7.72. The third kappa shape index (κ3) is 4.05. The third-order valence-electron chi connectivity index (χ3n) is 5.37. The predicted octanol–water partition coefficient (Wildman–Crippen LogP) is 2.45. The van der Waals surface area contributed by atoms with Crippen LogP contribution in [0, 0.1) is 6.92 Å². The molecule has 26 heavy (non-hydrogen) atoms. The van der Waals surface area contributed by atoms with E-state index < -0.39 is 0 Å². The summed E-state index contributed by atoms with van der Waals surface area (Å²) in [5.74, 6) is 0.574. The average Bonchev–Trinajstić information content (AvgIpc) is 3.50. The Balaban J connectivity index is 1.44. The molecule has 4 rings (SSSR count). The fourth-order valence-corrected chi connectivity index (χ4v) is 3.67. The quantitative estimate of drug-likeness (QED) is 0.784. The van der Waals surface area contributed by atoms with Gasteiger partial charge in [0.05, 0.1) is 11.1 Å². The maximum atomic E-state index is 12.9. The molecule has 5 heteroatoms. The van der Waals surface area contributed by atoms with Crippen molar-refractivity contribution in [2.24, 2.45) is 0 Å². The van der Waals surface area contributed by atoms with Crippen LogP contribution in [0.5, 0.6) is 0 Å². The summed E-state index contributed by atoms with van der Waals surface area (Å²) >= 11 is 0. The minimum Gasteiger partial charge on any atom is -0.352 e. The summed E-state index contributed by atoms with van der Waals surface area (Å²) in [5, 5.41) is 7.46. The number of aryl methyl sites for hydroxylation is 1. The van der Waals surface area contributed by atoms with Gasteiger partial charge >= 0.3 is 0 Å². The van der Waals surface area contributed by atoms with Crippen LogP contribution in [0.15, 0.2) is 24.3 Å². The van der Waals surface area contributed by atoms with Crippen molar-refractivity contribution in [3.05, 3.63) is 41.1 Å². The number of piperazine rings is 1. The molecule has 5 nitrogen and oxygen atoms in total. The summed E-state index contributed by atoms with van der Waals surface area (Å²) in [6.45, 7) is 8.17. The van der Waals surface area contributed by atoms with Crippen molar-refractivity contribution >= 4 is 16.8 Å². The lowest BCUT2D eigenvalue weighted by molar-refractivity contribution is 0.0952. The van der Waals surface area contributed by atoms with Gasteiger partial charge in [0.15, 0.2) is 0 Å². The fourth-order valence-electron chi connectivity index (χ4n) is 3.67. The molecule has 138 valence electrons. The van der Waals surface area contributed by atoms with Crippen molar-refractivity contribution in [1.29, 1.82) is 0 Å². The standard InChI is InChI=1S/C21H28N4O/c1-15-3-6-19-17(13-15)18(14-20(24-19)16-4-5-16)21(26)23-7-2-10-25-11-8-22-9-12-25/h3,6,13-14,16,22H,2,4-5,7-12H2,1H3,(H,23,26). The molecular weight excluding hydrogens is 324 g/mol. The fraction of sp³-hybridized carbons (Fsp3) is 0.524. The summed E-state index contributed by atoms with van der Waals surface area (Å²) in [4.78, 5) is 20.1. The van der Waals surface area contributed by atoms with Crippen LogP contribution >= 0.6 is 0 Å². The Bertz CT molecular complexity index is 794. The third-order valence-corrected chi connectivity index (χ3v) is 5.37. The highest BCUT2D eigenvalue weighted by molar-refractivity contribution is 6.06. The van der Waals surface area contributed by atoms with E-state index in [2.05, 4.69) is 34.6 Å². The number of nitrogens with zero attached hydrogens (tertiary/aromatic N) is 2. The first-order chi connectivity index (χ1) is 12.7. The zero-order valence-electron chi connectivity index (χ0n) is 15.6. The van der Waals surface area contributed by atoms with Gasteiger partial charge in [-0.1, -0.05) is 11.6 Å². The molecule has 0 atom stereocenters. The zero-order valence-corrected chi connectivity index (χ0v) is 15.6. The van der Waals surface area contributed by atoms with E-state index >= 15 is 0 Å². The summed E-state index contributed by atoms with van der Waals surface area (Å²) in [5.41, 5.74) is 3.95. The Morgan fingerprint density at radius 2 is 2.08 bits per heavy atom. The second-order valence-electron chi connectivity index (χ2n) is 7.59. The second-order valence-corrected chi connectivity index (χ2v) is 7.59. The van der Waals surface area contributed by atoms with Gasteiger partial charge in [0.2, 0.25) is 0 Å². The van der Waals surface area contributed by atoms with Crippen LogP contribution in [-0.2, 0) is 0 Å². The van der Waals surface area contributed by atoms with Crippen LogP contribution in [0.1, 0.15) is 46.8 Å². The molecule has 2 aliphatic rings. The number of benzene rings is 1. The molecule has 1 saturated heterocycles. The number of amides is 1. The lowest BCUT2D eigenvalue weighted by Gasteiger charge is -2.27. The molecule has 1 amide bonds. The Morgan fingerprint density at radius 3 is 2.85 bits per heavy atom. The molecule has 1 aliphatic carbocycles. The first-order valence-corrected chi connectivity index (χ1v) is 9.83. The van der Waals surface area contributed by atoms with Gasteiger partial charge in [-0.15, -0.1) is 0 Å². The van der Waals surface area contributed by atoms with E-state index in [0.717, 1.165) is 73.4 Å².